The highest BCUT2D eigenvalue weighted by Crippen LogP contribution is 2.13. The molecule has 1 atom stereocenters. The molecule has 0 aromatic rings. The molecule has 0 spiro atoms. The Hall–Kier alpha value is -1.06. The Morgan fingerprint density at radius 2 is 2.15 bits per heavy atom. The van der Waals surface area contributed by atoms with Gasteiger partial charge in [-0.1, -0.05) is 6.42 Å². The zero-order chi connectivity index (χ0) is 9.84. The highest BCUT2D eigenvalue weighted by atomic mass is 16.4. The lowest BCUT2D eigenvalue weighted by Gasteiger charge is -2.24. The maximum atomic E-state index is 11.4. The summed E-state index contributed by atoms with van der Waals surface area (Å²) in [6, 6.07) is -0.675. The molecule has 1 N–H and O–H groups in total. The molecule has 1 aliphatic rings. The summed E-state index contributed by atoms with van der Waals surface area (Å²) in [6.07, 6.45) is 3.33. The molecule has 0 unspecified atom stereocenters. The lowest BCUT2D eigenvalue weighted by molar-refractivity contribution is -0.149. The minimum absolute atomic E-state index is 0.0209. The van der Waals surface area contributed by atoms with E-state index in [0.29, 0.717) is 13.0 Å². The van der Waals surface area contributed by atoms with Gasteiger partial charge in [0.2, 0.25) is 5.91 Å². The second-order valence-corrected chi connectivity index (χ2v) is 3.41. The van der Waals surface area contributed by atoms with E-state index in [0.717, 1.165) is 19.3 Å². The van der Waals surface area contributed by atoms with Gasteiger partial charge in [-0.2, -0.15) is 0 Å². The lowest BCUT2D eigenvalue weighted by atomic mass is 10.2. The summed E-state index contributed by atoms with van der Waals surface area (Å²) in [6.45, 7) is 2.15. The first kappa shape index (κ1) is 10.0. The Morgan fingerprint density at radius 3 is 2.77 bits per heavy atom. The van der Waals surface area contributed by atoms with E-state index in [9.17, 15) is 9.59 Å². The van der Waals surface area contributed by atoms with E-state index in [-0.39, 0.29) is 5.91 Å². The molecule has 1 heterocycles. The van der Waals surface area contributed by atoms with Crippen molar-refractivity contribution in [1.29, 1.82) is 0 Å². The zero-order valence-corrected chi connectivity index (χ0v) is 7.82. The van der Waals surface area contributed by atoms with Crippen molar-refractivity contribution in [3.8, 4) is 0 Å². The summed E-state index contributed by atoms with van der Waals surface area (Å²) >= 11 is 0. The fourth-order valence-electron chi connectivity index (χ4n) is 1.55. The van der Waals surface area contributed by atoms with E-state index in [2.05, 4.69) is 0 Å². The molecule has 1 amide bonds. The molecule has 0 aliphatic carbocycles. The van der Waals surface area contributed by atoms with Gasteiger partial charge >= 0.3 is 5.97 Å². The number of carboxylic acids is 1. The summed E-state index contributed by atoms with van der Waals surface area (Å²) in [7, 11) is 0. The third-order valence-electron chi connectivity index (χ3n) is 2.43. The molecule has 0 aromatic carbocycles. The monoisotopic (exact) mass is 185 g/mol. The van der Waals surface area contributed by atoms with Crippen LogP contribution in [-0.4, -0.2) is 34.5 Å². The van der Waals surface area contributed by atoms with E-state index in [1.165, 1.54) is 4.90 Å². The van der Waals surface area contributed by atoms with Gasteiger partial charge in [0.15, 0.2) is 0 Å². The van der Waals surface area contributed by atoms with Gasteiger partial charge < -0.3 is 10.0 Å². The minimum atomic E-state index is -0.921. The normalized spacial score (nSPS) is 21.0. The first-order valence-corrected chi connectivity index (χ1v) is 4.65. The third kappa shape index (κ3) is 2.44. The van der Waals surface area contributed by atoms with E-state index >= 15 is 0 Å². The SMILES string of the molecule is C[C@@H](C(=O)O)N1CCCCCC1=O. The van der Waals surface area contributed by atoms with E-state index in [1.807, 2.05) is 0 Å². The number of rotatable bonds is 2. The maximum absolute atomic E-state index is 11.4. The quantitative estimate of drug-likeness (QED) is 0.694. The molecule has 0 radical (unpaired) electrons. The minimum Gasteiger partial charge on any atom is -0.480 e. The van der Waals surface area contributed by atoms with Gasteiger partial charge in [-0.05, 0) is 19.8 Å². The molecule has 0 saturated carbocycles. The number of aliphatic carboxylic acids is 1. The number of carbonyl (C=O) groups is 2. The number of likely N-dealkylation sites (tertiary alicyclic amines) is 1. The van der Waals surface area contributed by atoms with Crippen LogP contribution < -0.4 is 0 Å². The van der Waals surface area contributed by atoms with Crippen molar-refractivity contribution in [3.63, 3.8) is 0 Å². The third-order valence-corrected chi connectivity index (χ3v) is 2.43. The van der Waals surface area contributed by atoms with Crippen molar-refractivity contribution in [2.75, 3.05) is 6.54 Å². The van der Waals surface area contributed by atoms with Gasteiger partial charge in [0.05, 0.1) is 0 Å². The van der Waals surface area contributed by atoms with Crippen LogP contribution >= 0.6 is 0 Å². The second kappa shape index (κ2) is 4.25. The predicted molar refractivity (Wildman–Crippen MR) is 47.3 cm³/mol. The molecular formula is C9H15NO3. The molecule has 13 heavy (non-hydrogen) atoms. The molecule has 0 aromatic heterocycles. The van der Waals surface area contributed by atoms with Gasteiger partial charge in [-0.15, -0.1) is 0 Å². The van der Waals surface area contributed by atoms with E-state index in [1.54, 1.807) is 6.92 Å². The van der Waals surface area contributed by atoms with Crippen LogP contribution in [0, 0.1) is 0 Å². The fourth-order valence-corrected chi connectivity index (χ4v) is 1.55. The number of hydrogen-bond donors (Lipinski definition) is 1. The van der Waals surface area contributed by atoms with Crippen molar-refractivity contribution in [3.05, 3.63) is 0 Å². The Balaban J connectivity index is 2.64. The van der Waals surface area contributed by atoms with Crippen LogP contribution in [-0.2, 0) is 9.59 Å². The van der Waals surface area contributed by atoms with Crippen LogP contribution in [0.4, 0.5) is 0 Å². The number of carboxylic acid groups (broad SMARTS) is 1. The zero-order valence-electron chi connectivity index (χ0n) is 7.82. The standard InChI is InChI=1S/C9H15NO3/c1-7(9(12)13)10-6-4-2-3-5-8(10)11/h7H,2-6H2,1H3,(H,12,13)/t7-/m0/s1. The molecule has 4 heteroatoms. The molecule has 74 valence electrons. The molecule has 0 bridgehead atoms. The summed E-state index contributed by atoms with van der Waals surface area (Å²) in [4.78, 5) is 23.6. The topological polar surface area (TPSA) is 57.6 Å². The van der Waals surface area contributed by atoms with Crippen LogP contribution in [0.5, 0.6) is 0 Å². The van der Waals surface area contributed by atoms with Gasteiger partial charge in [0, 0.05) is 13.0 Å². The lowest BCUT2D eigenvalue weighted by Crippen LogP contribution is -2.42. The molecule has 1 saturated heterocycles. The summed E-state index contributed by atoms with van der Waals surface area (Å²) in [5.41, 5.74) is 0. The Morgan fingerprint density at radius 1 is 1.46 bits per heavy atom. The van der Waals surface area contributed by atoms with Crippen LogP contribution in [0.3, 0.4) is 0 Å². The average Bonchev–Trinajstić information content (AvgIpc) is 2.28. The van der Waals surface area contributed by atoms with E-state index < -0.39 is 12.0 Å². The van der Waals surface area contributed by atoms with Crippen molar-refractivity contribution in [2.24, 2.45) is 0 Å². The van der Waals surface area contributed by atoms with Crippen molar-refractivity contribution in [2.45, 2.75) is 38.6 Å². The predicted octanol–water partition coefficient (Wildman–Crippen LogP) is 0.862. The van der Waals surface area contributed by atoms with Crippen molar-refractivity contribution < 1.29 is 14.7 Å². The highest BCUT2D eigenvalue weighted by Gasteiger charge is 2.25. The Bertz CT molecular complexity index is 215. The smallest absolute Gasteiger partial charge is 0.326 e. The fraction of sp³-hybridized carbons (Fsp3) is 0.778. The number of nitrogens with zero attached hydrogens (tertiary/aromatic N) is 1. The van der Waals surface area contributed by atoms with Crippen LogP contribution in [0.25, 0.3) is 0 Å². The average molecular weight is 185 g/mol. The van der Waals surface area contributed by atoms with Crippen LogP contribution in [0.2, 0.25) is 0 Å². The first-order valence-electron chi connectivity index (χ1n) is 4.65. The molecule has 1 rings (SSSR count). The summed E-state index contributed by atoms with van der Waals surface area (Å²) in [5, 5.41) is 8.75. The summed E-state index contributed by atoms with van der Waals surface area (Å²) in [5.74, 6) is -0.942. The van der Waals surface area contributed by atoms with Gasteiger partial charge in [-0.3, -0.25) is 4.79 Å². The summed E-state index contributed by atoms with van der Waals surface area (Å²) < 4.78 is 0. The second-order valence-electron chi connectivity index (χ2n) is 3.41. The molecule has 1 aliphatic heterocycles. The molecule has 4 nitrogen and oxygen atoms in total. The highest BCUT2D eigenvalue weighted by molar-refractivity contribution is 5.83. The van der Waals surface area contributed by atoms with E-state index in [4.69, 9.17) is 5.11 Å². The largest absolute Gasteiger partial charge is 0.480 e. The van der Waals surface area contributed by atoms with Crippen LogP contribution in [0.15, 0.2) is 0 Å². The number of carbonyl (C=O) groups excluding carboxylic acids is 1. The molecule has 1 fully saturated rings. The Labute approximate surface area is 77.5 Å². The number of hydrogen-bond acceptors (Lipinski definition) is 2. The Kier molecular flexibility index (Phi) is 3.28. The van der Waals surface area contributed by atoms with Gasteiger partial charge in [0.1, 0.15) is 6.04 Å². The van der Waals surface area contributed by atoms with Crippen molar-refractivity contribution >= 4 is 11.9 Å². The first-order chi connectivity index (χ1) is 6.13. The maximum Gasteiger partial charge on any atom is 0.326 e. The van der Waals surface area contributed by atoms with Gasteiger partial charge in [-0.25, -0.2) is 4.79 Å². The number of amides is 1. The van der Waals surface area contributed by atoms with Crippen LogP contribution in [0.1, 0.15) is 32.6 Å². The van der Waals surface area contributed by atoms with Crippen molar-refractivity contribution in [1.82, 2.24) is 4.90 Å². The van der Waals surface area contributed by atoms with Gasteiger partial charge in [0.25, 0.3) is 0 Å². The molecular weight excluding hydrogens is 170 g/mol.